The van der Waals surface area contributed by atoms with Crippen LogP contribution >= 0.6 is 0 Å². The van der Waals surface area contributed by atoms with Crippen molar-refractivity contribution in [3.8, 4) is 0 Å². The van der Waals surface area contributed by atoms with Crippen LogP contribution in [0.1, 0.15) is 26.7 Å². The maximum Gasteiger partial charge on any atom is 0.0881 e. The fourth-order valence-electron chi connectivity index (χ4n) is 2.52. The average molecular weight is 243 g/mol. The van der Waals surface area contributed by atoms with Crippen molar-refractivity contribution >= 4 is 0 Å². The van der Waals surface area contributed by atoms with Crippen LogP contribution in [0.3, 0.4) is 0 Å². The SMILES string of the molecule is CC1=CC(C)CC(CNC(CO)(CO)CO)C1. The van der Waals surface area contributed by atoms with Crippen LogP contribution in [0.25, 0.3) is 0 Å². The summed E-state index contributed by atoms with van der Waals surface area (Å²) in [6.07, 6.45) is 4.46. The highest BCUT2D eigenvalue weighted by Crippen LogP contribution is 2.27. The van der Waals surface area contributed by atoms with Gasteiger partial charge in [0.05, 0.1) is 25.4 Å². The number of hydrogen-bond donors (Lipinski definition) is 4. The van der Waals surface area contributed by atoms with Crippen LogP contribution in [0, 0.1) is 11.8 Å². The van der Waals surface area contributed by atoms with Gasteiger partial charge in [-0.2, -0.15) is 0 Å². The van der Waals surface area contributed by atoms with Crippen molar-refractivity contribution in [3.63, 3.8) is 0 Å². The summed E-state index contributed by atoms with van der Waals surface area (Å²) in [6.45, 7) is 4.30. The standard InChI is InChI=1S/C13H25NO3/c1-10-3-11(2)5-12(4-10)6-14-13(7-15,8-16)9-17/h3,10,12,14-17H,4-9H2,1-2H3. The molecular formula is C13H25NO3. The molecule has 1 aliphatic carbocycles. The molecule has 0 heterocycles. The molecule has 4 nitrogen and oxygen atoms in total. The first-order valence-electron chi connectivity index (χ1n) is 6.30. The van der Waals surface area contributed by atoms with Gasteiger partial charge >= 0.3 is 0 Å². The highest BCUT2D eigenvalue weighted by atomic mass is 16.3. The highest BCUT2D eigenvalue weighted by Gasteiger charge is 2.29. The normalized spacial score (nSPS) is 25.8. The monoisotopic (exact) mass is 243 g/mol. The molecule has 0 fully saturated rings. The van der Waals surface area contributed by atoms with Crippen molar-refractivity contribution in [2.24, 2.45) is 11.8 Å². The second-order valence-corrected chi connectivity index (χ2v) is 5.43. The van der Waals surface area contributed by atoms with E-state index in [4.69, 9.17) is 0 Å². The third-order valence-corrected chi connectivity index (χ3v) is 3.56. The topological polar surface area (TPSA) is 72.7 Å². The third kappa shape index (κ3) is 4.07. The largest absolute Gasteiger partial charge is 0.394 e. The van der Waals surface area contributed by atoms with Gasteiger partial charge in [-0.25, -0.2) is 0 Å². The van der Waals surface area contributed by atoms with Crippen molar-refractivity contribution in [2.45, 2.75) is 32.2 Å². The summed E-state index contributed by atoms with van der Waals surface area (Å²) in [7, 11) is 0. The summed E-state index contributed by atoms with van der Waals surface area (Å²) in [5.74, 6) is 1.10. The molecule has 17 heavy (non-hydrogen) atoms. The molecule has 4 N–H and O–H groups in total. The molecule has 0 amide bonds. The zero-order valence-corrected chi connectivity index (χ0v) is 10.8. The van der Waals surface area contributed by atoms with Gasteiger partial charge in [-0.3, -0.25) is 0 Å². The van der Waals surface area contributed by atoms with Crippen molar-refractivity contribution in [1.82, 2.24) is 5.32 Å². The molecule has 0 bridgehead atoms. The highest BCUT2D eigenvalue weighted by molar-refractivity contribution is 5.06. The van der Waals surface area contributed by atoms with Gasteiger partial charge in [0.25, 0.3) is 0 Å². The zero-order valence-electron chi connectivity index (χ0n) is 10.8. The zero-order chi connectivity index (χ0) is 12.9. The molecule has 2 atom stereocenters. The lowest BCUT2D eigenvalue weighted by Gasteiger charge is -2.33. The Kier molecular flexibility index (Phi) is 5.59. The molecule has 0 aromatic heterocycles. The quantitative estimate of drug-likeness (QED) is 0.506. The Morgan fingerprint density at radius 1 is 1.29 bits per heavy atom. The Balaban J connectivity index is 2.48. The molecule has 2 unspecified atom stereocenters. The summed E-state index contributed by atoms with van der Waals surface area (Å²) >= 11 is 0. The number of allylic oxidation sites excluding steroid dienone is 2. The Bertz CT molecular complexity index is 253. The minimum Gasteiger partial charge on any atom is -0.394 e. The number of aliphatic hydroxyl groups is 3. The predicted molar refractivity (Wildman–Crippen MR) is 67.6 cm³/mol. The van der Waals surface area contributed by atoms with Crippen molar-refractivity contribution in [3.05, 3.63) is 11.6 Å². The van der Waals surface area contributed by atoms with E-state index in [1.54, 1.807) is 0 Å². The van der Waals surface area contributed by atoms with Crippen LogP contribution < -0.4 is 5.32 Å². The van der Waals surface area contributed by atoms with Crippen molar-refractivity contribution in [2.75, 3.05) is 26.4 Å². The fraction of sp³-hybridized carbons (Fsp3) is 0.846. The van der Waals surface area contributed by atoms with Crippen LogP contribution in [0.2, 0.25) is 0 Å². The van der Waals surface area contributed by atoms with E-state index in [0.29, 0.717) is 11.8 Å². The Morgan fingerprint density at radius 3 is 2.35 bits per heavy atom. The lowest BCUT2D eigenvalue weighted by atomic mass is 9.83. The van der Waals surface area contributed by atoms with Crippen molar-refractivity contribution in [1.29, 1.82) is 0 Å². The van der Waals surface area contributed by atoms with Gasteiger partial charge in [-0.05, 0) is 38.1 Å². The van der Waals surface area contributed by atoms with Gasteiger partial charge in [0, 0.05) is 0 Å². The van der Waals surface area contributed by atoms with E-state index in [2.05, 4.69) is 25.2 Å². The molecule has 0 aromatic carbocycles. The molecular weight excluding hydrogens is 218 g/mol. The van der Waals surface area contributed by atoms with Crippen molar-refractivity contribution < 1.29 is 15.3 Å². The van der Waals surface area contributed by atoms with Crippen LogP contribution in [-0.4, -0.2) is 47.2 Å². The van der Waals surface area contributed by atoms with Gasteiger partial charge in [0.15, 0.2) is 0 Å². The summed E-state index contributed by atoms with van der Waals surface area (Å²) in [4.78, 5) is 0. The minimum absolute atomic E-state index is 0.253. The van der Waals surface area contributed by atoms with Gasteiger partial charge < -0.3 is 20.6 Å². The summed E-state index contributed by atoms with van der Waals surface area (Å²) in [5, 5.41) is 30.8. The van der Waals surface area contributed by atoms with Crippen LogP contribution in [-0.2, 0) is 0 Å². The predicted octanol–water partition coefficient (Wildman–Crippen LogP) is 0.284. The molecule has 1 rings (SSSR count). The lowest BCUT2D eigenvalue weighted by Crippen LogP contribution is -2.56. The molecule has 100 valence electrons. The summed E-state index contributed by atoms with van der Waals surface area (Å²) in [6, 6.07) is 0. The molecule has 0 aromatic rings. The van der Waals surface area contributed by atoms with E-state index in [-0.39, 0.29) is 19.8 Å². The van der Waals surface area contributed by atoms with Gasteiger partial charge in [-0.1, -0.05) is 18.6 Å². The molecule has 0 saturated heterocycles. The molecule has 0 aliphatic heterocycles. The lowest BCUT2D eigenvalue weighted by molar-refractivity contribution is 0.0391. The number of hydrogen-bond acceptors (Lipinski definition) is 4. The first-order valence-corrected chi connectivity index (χ1v) is 6.30. The molecule has 1 aliphatic rings. The maximum absolute atomic E-state index is 9.22. The van der Waals surface area contributed by atoms with E-state index in [0.717, 1.165) is 19.4 Å². The van der Waals surface area contributed by atoms with E-state index >= 15 is 0 Å². The smallest absolute Gasteiger partial charge is 0.0881 e. The number of rotatable bonds is 6. The van der Waals surface area contributed by atoms with E-state index < -0.39 is 5.54 Å². The van der Waals surface area contributed by atoms with E-state index in [1.165, 1.54) is 5.57 Å². The van der Waals surface area contributed by atoms with Crippen LogP contribution in [0.15, 0.2) is 11.6 Å². The van der Waals surface area contributed by atoms with E-state index in [1.807, 2.05) is 0 Å². The number of nitrogens with one attached hydrogen (secondary N) is 1. The first kappa shape index (κ1) is 14.6. The number of aliphatic hydroxyl groups excluding tert-OH is 3. The molecule has 0 radical (unpaired) electrons. The minimum atomic E-state index is -0.946. The van der Waals surface area contributed by atoms with E-state index in [9.17, 15) is 15.3 Å². The molecule has 4 heteroatoms. The Hall–Kier alpha value is -0.420. The molecule has 0 saturated carbocycles. The Labute approximate surface area is 103 Å². The molecule has 0 spiro atoms. The van der Waals surface area contributed by atoms with Crippen LogP contribution in [0.5, 0.6) is 0 Å². The first-order chi connectivity index (χ1) is 8.05. The van der Waals surface area contributed by atoms with Gasteiger partial charge in [-0.15, -0.1) is 0 Å². The second-order valence-electron chi connectivity index (χ2n) is 5.43. The van der Waals surface area contributed by atoms with Crippen LogP contribution in [0.4, 0.5) is 0 Å². The maximum atomic E-state index is 9.22. The fourth-order valence-corrected chi connectivity index (χ4v) is 2.52. The summed E-state index contributed by atoms with van der Waals surface area (Å²) in [5.41, 5.74) is 0.455. The summed E-state index contributed by atoms with van der Waals surface area (Å²) < 4.78 is 0. The van der Waals surface area contributed by atoms with Gasteiger partial charge in [0.2, 0.25) is 0 Å². The second kappa shape index (κ2) is 6.50. The average Bonchev–Trinajstić information content (AvgIpc) is 2.30. The van der Waals surface area contributed by atoms with Gasteiger partial charge in [0.1, 0.15) is 0 Å². The Morgan fingerprint density at radius 2 is 1.88 bits per heavy atom. The third-order valence-electron chi connectivity index (χ3n) is 3.56.